The van der Waals surface area contributed by atoms with E-state index in [1.807, 2.05) is 19.0 Å². The van der Waals surface area contributed by atoms with Gasteiger partial charge in [0.25, 0.3) is 0 Å². The molecule has 3 N–H and O–H groups in total. The van der Waals surface area contributed by atoms with Crippen LogP contribution in [0, 0.1) is 0 Å². The van der Waals surface area contributed by atoms with Crippen molar-refractivity contribution in [3.63, 3.8) is 0 Å². The predicted molar refractivity (Wildman–Crippen MR) is 67.5 cm³/mol. The average molecular weight is 261 g/mol. The number of amides is 2. The van der Waals surface area contributed by atoms with Gasteiger partial charge in [0.1, 0.15) is 0 Å². The van der Waals surface area contributed by atoms with Gasteiger partial charge in [-0.3, -0.25) is 0 Å². The van der Waals surface area contributed by atoms with Gasteiger partial charge in [0.05, 0.1) is 0 Å². The Hall–Kier alpha value is -1.34. The van der Waals surface area contributed by atoms with Crippen molar-refractivity contribution >= 4 is 12.0 Å². The third-order valence-electron chi connectivity index (χ3n) is 2.42. The Balaban J connectivity index is 3.71. The molecule has 7 heteroatoms. The molecule has 0 aliphatic carbocycles. The maximum absolute atomic E-state index is 11.5. The molecule has 0 saturated heterocycles. The lowest BCUT2D eigenvalue weighted by Crippen LogP contribution is -2.40. The number of aliphatic carboxylic acids is 1. The summed E-state index contributed by atoms with van der Waals surface area (Å²) in [6.45, 7) is 1.67. The molecule has 2 amide bonds. The highest BCUT2D eigenvalue weighted by molar-refractivity contribution is 5.74. The number of rotatable bonds is 8. The number of aliphatic hydroxyl groups is 1. The van der Waals surface area contributed by atoms with E-state index in [-0.39, 0.29) is 19.0 Å². The minimum absolute atomic E-state index is 0.00656. The van der Waals surface area contributed by atoms with Crippen molar-refractivity contribution in [2.24, 2.45) is 0 Å². The van der Waals surface area contributed by atoms with Crippen molar-refractivity contribution in [3.05, 3.63) is 0 Å². The van der Waals surface area contributed by atoms with Gasteiger partial charge >= 0.3 is 12.0 Å². The fourth-order valence-corrected chi connectivity index (χ4v) is 1.30. The first-order chi connectivity index (χ1) is 8.34. The molecule has 0 saturated carbocycles. The minimum Gasteiger partial charge on any atom is -0.479 e. The topological polar surface area (TPSA) is 93.1 Å². The van der Waals surface area contributed by atoms with Crippen molar-refractivity contribution in [3.8, 4) is 0 Å². The molecule has 0 aromatic carbocycles. The monoisotopic (exact) mass is 261 g/mol. The standard InChI is InChI=1S/C11H23N3O4/c1-13(2)7-4-8-14(3)11(18)12-6-5-9(15)10(16)17/h9,15H,4-8H2,1-3H3,(H,12,18)(H,16,17)/t9-/m0/s1. The first kappa shape index (κ1) is 16.7. The highest BCUT2D eigenvalue weighted by Crippen LogP contribution is 1.93. The van der Waals surface area contributed by atoms with Gasteiger partial charge in [-0.1, -0.05) is 0 Å². The molecule has 0 bridgehead atoms. The Bertz CT molecular complexity index is 271. The average Bonchev–Trinajstić information content (AvgIpc) is 2.27. The van der Waals surface area contributed by atoms with Crippen LogP contribution in [-0.4, -0.2) is 78.9 Å². The van der Waals surface area contributed by atoms with Gasteiger partial charge in [0.15, 0.2) is 6.10 Å². The van der Waals surface area contributed by atoms with Crippen LogP contribution in [0.1, 0.15) is 12.8 Å². The molecule has 7 nitrogen and oxygen atoms in total. The third-order valence-corrected chi connectivity index (χ3v) is 2.42. The molecule has 0 aromatic rings. The summed E-state index contributed by atoms with van der Waals surface area (Å²) in [5.41, 5.74) is 0. The van der Waals surface area contributed by atoms with E-state index in [1.165, 1.54) is 4.90 Å². The Morgan fingerprint density at radius 1 is 1.22 bits per heavy atom. The van der Waals surface area contributed by atoms with Gasteiger partial charge in [-0.15, -0.1) is 0 Å². The zero-order chi connectivity index (χ0) is 14.1. The van der Waals surface area contributed by atoms with Crippen molar-refractivity contribution in [2.75, 3.05) is 40.8 Å². The van der Waals surface area contributed by atoms with Gasteiger partial charge in [-0.05, 0) is 27.1 Å². The first-order valence-corrected chi connectivity index (χ1v) is 5.89. The summed E-state index contributed by atoms with van der Waals surface area (Å²) in [5.74, 6) is -1.27. The second-order valence-electron chi connectivity index (χ2n) is 4.45. The van der Waals surface area contributed by atoms with E-state index < -0.39 is 12.1 Å². The van der Waals surface area contributed by atoms with Gasteiger partial charge < -0.3 is 25.3 Å². The molecule has 0 aliphatic rings. The van der Waals surface area contributed by atoms with Crippen molar-refractivity contribution in [1.29, 1.82) is 0 Å². The van der Waals surface area contributed by atoms with E-state index in [0.717, 1.165) is 13.0 Å². The zero-order valence-electron chi connectivity index (χ0n) is 11.2. The molecule has 0 aromatic heterocycles. The van der Waals surface area contributed by atoms with E-state index in [0.29, 0.717) is 6.54 Å². The van der Waals surface area contributed by atoms with Crippen LogP contribution in [0.4, 0.5) is 4.79 Å². The smallest absolute Gasteiger partial charge is 0.332 e. The summed E-state index contributed by atoms with van der Waals surface area (Å²) >= 11 is 0. The number of hydrogen-bond acceptors (Lipinski definition) is 4. The highest BCUT2D eigenvalue weighted by Gasteiger charge is 2.13. The van der Waals surface area contributed by atoms with Crippen molar-refractivity contribution < 1.29 is 19.8 Å². The first-order valence-electron chi connectivity index (χ1n) is 5.89. The van der Waals surface area contributed by atoms with Crippen LogP contribution in [-0.2, 0) is 4.79 Å². The molecule has 1 atom stereocenters. The fraction of sp³-hybridized carbons (Fsp3) is 0.818. The number of aliphatic hydroxyl groups excluding tert-OH is 1. The van der Waals surface area contributed by atoms with Gasteiger partial charge in [-0.25, -0.2) is 9.59 Å². The molecule has 0 aliphatic heterocycles. The van der Waals surface area contributed by atoms with E-state index >= 15 is 0 Å². The quantitative estimate of drug-likeness (QED) is 0.543. The molecule has 0 heterocycles. The van der Waals surface area contributed by atoms with E-state index in [2.05, 4.69) is 5.32 Å². The van der Waals surface area contributed by atoms with Crippen LogP contribution >= 0.6 is 0 Å². The second-order valence-corrected chi connectivity index (χ2v) is 4.45. The number of hydrogen-bond donors (Lipinski definition) is 3. The summed E-state index contributed by atoms with van der Waals surface area (Å²) in [4.78, 5) is 25.5. The normalized spacial score (nSPS) is 12.3. The van der Waals surface area contributed by atoms with Gasteiger partial charge in [0.2, 0.25) is 0 Å². The number of nitrogens with one attached hydrogen (secondary N) is 1. The Kier molecular flexibility index (Phi) is 8.06. The van der Waals surface area contributed by atoms with Gasteiger partial charge in [0, 0.05) is 26.6 Å². The summed E-state index contributed by atoms with van der Waals surface area (Å²) < 4.78 is 0. The van der Waals surface area contributed by atoms with E-state index in [9.17, 15) is 9.59 Å². The number of nitrogens with zero attached hydrogens (tertiary/aromatic N) is 2. The molecule has 18 heavy (non-hydrogen) atoms. The summed E-state index contributed by atoms with van der Waals surface area (Å²) in [7, 11) is 5.61. The predicted octanol–water partition coefficient (Wildman–Crippen LogP) is -0.585. The van der Waals surface area contributed by atoms with Crippen LogP contribution < -0.4 is 5.32 Å². The van der Waals surface area contributed by atoms with Crippen LogP contribution in [0.3, 0.4) is 0 Å². The number of carboxylic acid groups (broad SMARTS) is 1. The Labute approximate surface area is 107 Å². The molecule has 0 spiro atoms. The van der Waals surface area contributed by atoms with Crippen LogP contribution in [0.5, 0.6) is 0 Å². The summed E-state index contributed by atoms with van der Waals surface area (Å²) in [6.07, 6.45) is -0.550. The summed E-state index contributed by atoms with van der Waals surface area (Å²) in [6, 6.07) is -0.258. The van der Waals surface area contributed by atoms with Crippen LogP contribution in [0.25, 0.3) is 0 Å². The molecule has 0 unspecified atom stereocenters. The third kappa shape index (κ3) is 7.86. The van der Waals surface area contributed by atoms with Crippen LogP contribution in [0.15, 0.2) is 0 Å². The van der Waals surface area contributed by atoms with Crippen molar-refractivity contribution in [2.45, 2.75) is 18.9 Å². The largest absolute Gasteiger partial charge is 0.479 e. The zero-order valence-corrected chi connectivity index (χ0v) is 11.2. The SMILES string of the molecule is CN(C)CCCN(C)C(=O)NCC[C@H](O)C(=O)O. The Morgan fingerprint density at radius 3 is 2.33 bits per heavy atom. The fourth-order valence-electron chi connectivity index (χ4n) is 1.30. The van der Waals surface area contributed by atoms with Crippen molar-refractivity contribution in [1.82, 2.24) is 15.1 Å². The molecule has 0 radical (unpaired) electrons. The maximum atomic E-state index is 11.5. The molecule has 0 fully saturated rings. The molecular formula is C11H23N3O4. The number of carboxylic acids is 1. The van der Waals surface area contributed by atoms with E-state index in [1.54, 1.807) is 7.05 Å². The van der Waals surface area contributed by atoms with Gasteiger partial charge in [-0.2, -0.15) is 0 Å². The molecule has 0 rings (SSSR count). The maximum Gasteiger partial charge on any atom is 0.332 e. The van der Waals surface area contributed by atoms with Crippen LogP contribution in [0.2, 0.25) is 0 Å². The lowest BCUT2D eigenvalue weighted by Gasteiger charge is -2.19. The second kappa shape index (κ2) is 8.71. The lowest BCUT2D eigenvalue weighted by atomic mass is 10.2. The Morgan fingerprint density at radius 2 is 1.83 bits per heavy atom. The summed E-state index contributed by atoms with van der Waals surface area (Å²) in [5, 5.41) is 20.0. The van der Waals surface area contributed by atoms with E-state index in [4.69, 9.17) is 10.2 Å². The highest BCUT2D eigenvalue weighted by atomic mass is 16.4. The number of carbonyl (C=O) groups is 2. The molecule has 106 valence electrons. The number of urea groups is 1. The number of carbonyl (C=O) groups excluding carboxylic acids is 1. The lowest BCUT2D eigenvalue weighted by molar-refractivity contribution is -0.146. The molecular weight excluding hydrogens is 238 g/mol. The minimum atomic E-state index is -1.43.